The van der Waals surface area contributed by atoms with Crippen molar-refractivity contribution in [1.29, 1.82) is 0 Å². The summed E-state index contributed by atoms with van der Waals surface area (Å²) in [6.45, 7) is 3.85. The number of aromatic nitrogens is 1. The maximum atomic E-state index is 12.5. The molecule has 7 heteroatoms. The van der Waals surface area contributed by atoms with Crippen LogP contribution in [0.5, 0.6) is 11.5 Å². The number of nitrogens with zero attached hydrogens (tertiary/aromatic N) is 1. The predicted octanol–water partition coefficient (Wildman–Crippen LogP) is 4.21. The monoisotopic (exact) mass is 419 g/mol. The Hall–Kier alpha value is -3.87. The number of benzene rings is 2. The van der Waals surface area contributed by atoms with E-state index in [0.717, 1.165) is 22.0 Å². The average molecular weight is 419 g/mol. The second-order valence-corrected chi connectivity index (χ2v) is 6.85. The summed E-state index contributed by atoms with van der Waals surface area (Å²) >= 11 is 0. The molecule has 0 saturated carbocycles. The summed E-state index contributed by atoms with van der Waals surface area (Å²) in [6.07, 6.45) is 2.94. The highest BCUT2D eigenvalue weighted by molar-refractivity contribution is 5.98. The smallest absolute Gasteiger partial charge is 0.340 e. The first-order valence-corrected chi connectivity index (χ1v) is 9.86. The summed E-state index contributed by atoms with van der Waals surface area (Å²) in [5.41, 5.74) is 2.92. The molecule has 0 atom stereocenters. The molecule has 31 heavy (non-hydrogen) atoms. The van der Waals surface area contributed by atoms with E-state index in [9.17, 15) is 9.59 Å². The Morgan fingerprint density at radius 1 is 1.10 bits per heavy atom. The van der Waals surface area contributed by atoms with Crippen LogP contribution >= 0.6 is 0 Å². The molecule has 0 unspecified atom stereocenters. The van der Waals surface area contributed by atoms with Gasteiger partial charge in [0.1, 0.15) is 6.61 Å². The van der Waals surface area contributed by atoms with Gasteiger partial charge in [0.25, 0.3) is 0 Å². The van der Waals surface area contributed by atoms with Crippen LogP contribution in [0.3, 0.4) is 0 Å². The lowest BCUT2D eigenvalue weighted by molar-refractivity contribution is -0.139. The van der Waals surface area contributed by atoms with E-state index in [1.807, 2.05) is 37.3 Å². The van der Waals surface area contributed by atoms with Gasteiger partial charge in [-0.1, -0.05) is 24.3 Å². The molecule has 0 bridgehead atoms. The quantitative estimate of drug-likeness (QED) is 0.437. The molecular weight excluding hydrogens is 398 g/mol. The molecule has 0 spiro atoms. The number of pyridine rings is 1. The number of hydrogen-bond donors (Lipinski definition) is 0. The summed E-state index contributed by atoms with van der Waals surface area (Å²) in [7, 11) is 0. The van der Waals surface area contributed by atoms with Crippen molar-refractivity contribution in [1.82, 2.24) is 4.98 Å². The van der Waals surface area contributed by atoms with Crippen molar-refractivity contribution in [3.8, 4) is 11.5 Å². The second-order valence-electron chi connectivity index (χ2n) is 6.85. The SMILES string of the molecule is CCOC(=O)c1c(COC(=O)/C=C/c2ccc3c(c2)OCO3)nc2ccccc2c1C. The fourth-order valence-corrected chi connectivity index (χ4v) is 3.39. The van der Waals surface area contributed by atoms with Gasteiger partial charge >= 0.3 is 11.9 Å². The fourth-order valence-electron chi connectivity index (χ4n) is 3.39. The number of rotatable bonds is 6. The number of carbonyl (C=O) groups excluding carboxylic acids is 2. The highest BCUT2D eigenvalue weighted by Crippen LogP contribution is 2.32. The van der Waals surface area contributed by atoms with Crippen LogP contribution < -0.4 is 9.47 Å². The molecular formula is C24H21NO6. The van der Waals surface area contributed by atoms with Crippen LogP contribution in [-0.2, 0) is 20.9 Å². The molecule has 0 radical (unpaired) electrons. The van der Waals surface area contributed by atoms with Gasteiger partial charge in [-0.25, -0.2) is 14.6 Å². The van der Waals surface area contributed by atoms with Gasteiger partial charge in [-0.15, -0.1) is 0 Å². The molecule has 158 valence electrons. The average Bonchev–Trinajstić information content (AvgIpc) is 3.24. The first kappa shape index (κ1) is 20.4. The van der Waals surface area contributed by atoms with Crippen LogP contribution in [0, 0.1) is 6.92 Å². The first-order valence-electron chi connectivity index (χ1n) is 9.86. The van der Waals surface area contributed by atoms with Crippen molar-refractivity contribution in [2.45, 2.75) is 20.5 Å². The molecule has 1 aliphatic heterocycles. The predicted molar refractivity (Wildman–Crippen MR) is 114 cm³/mol. The molecule has 0 amide bonds. The van der Waals surface area contributed by atoms with Gasteiger partial charge in [-0.05, 0) is 49.2 Å². The Balaban J connectivity index is 1.53. The fraction of sp³-hybridized carbons (Fsp3) is 0.208. The zero-order chi connectivity index (χ0) is 21.8. The van der Waals surface area contributed by atoms with E-state index < -0.39 is 11.9 Å². The lowest BCUT2D eigenvalue weighted by Gasteiger charge is -2.13. The Kier molecular flexibility index (Phi) is 5.84. The topological polar surface area (TPSA) is 84.0 Å². The van der Waals surface area contributed by atoms with E-state index in [1.54, 1.807) is 25.1 Å². The molecule has 2 aromatic carbocycles. The minimum atomic E-state index is -0.555. The van der Waals surface area contributed by atoms with Crippen molar-refractivity contribution in [3.05, 3.63) is 70.9 Å². The Morgan fingerprint density at radius 2 is 1.90 bits per heavy atom. The van der Waals surface area contributed by atoms with E-state index in [2.05, 4.69) is 4.98 Å². The highest BCUT2D eigenvalue weighted by atomic mass is 16.7. The zero-order valence-electron chi connectivity index (χ0n) is 17.2. The number of fused-ring (bicyclic) bond motifs is 2. The van der Waals surface area contributed by atoms with Crippen LogP contribution in [0.2, 0.25) is 0 Å². The van der Waals surface area contributed by atoms with E-state index >= 15 is 0 Å². The van der Waals surface area contributed by atoms with Gasteiger partial charge in [0.05, 0.1) is 23.4 Å². The normalized spacial score (nSPS) is 12.3. The third-order valence-electron chi connectivity index (χ3n) is 4.87. The number of para-hydroxylation sites is 1. The van der Waals surface area contributed by atoms with E-state index in [1.165, 1.54) is 6.08 Å². The van der Waals surface area contributed by atoms with Gasteiger partial charge in [0, 0.05) is 11.5 Å². The largest absolute Gasteiger partial charge is 0.462 e. The Bertz CT molecular complexity index is 1180. The van der Waals surface area contributed by atoms with Gasteiger partial charge < -0.3 is 18.9 Å². The summed E-state index contributed by atoms with van der Waals surface area (Å²) in [4.78, 5) is 29.3. The van der Waals surface area contributed by atoms with Crippen LogP contribution in [-0.4, -0.2) is 30.3 Å². The number of carbonyl (C=O) groups is 2. The number of esters is 2. The number of hydrogen-bond acceptors (Lipinski definition) is 7. The van der Waals surface area contributed by atoms with Crippen LogP contribution in [0.15, 0.2) is 48.5 Å². The van der Waals surface area contributed by atoms with Gasteiger partial charge in [-0.2, -0.15) is 0 Å². The molecule has 1 aliphatic rings. The maximum Gasteiger partial charge on any atom is 0.340 e. The van der Waals surface area contributed by atoms with E-state index in [0.29, 0.717) is 22.8 Å². The van der Waals surface area contributed by atoms with Crippen LogP contribution in [0.4, 0.5) is 0 Å². The first-order chi connectivity index (χ1) is 15.1. The van der Waals surface area contributed by atoms with Crippen molar-refractivity contribution in [3.63, 3.8) is 0 Å². The van der Waals surface area contributed by atoms with Gasteiger partial charge in [0.2, 0.25) is 6.79 Å². The molecule has 3 aromatic rings. The molecule has 4 rings (SSSR count). The third kappa shape index (κ3) is 4.35. The Labute approximate surface area is 179 Å². The highest BCUT2D eigenvalue weighted by Gasteiger charge is 2.20. The maximum absolute atomic E-state index is 12.5. The molecule has 0 fully saturated rings. The van der Waals surface area contributed by atoms with Crippen LogP contribution in [0.25, 0.3) is 17.0 Å². The van der Waals surface area contributed by atoms with E-state index in [4.69, 9.17) is 18.9 Å². The second kappa shape index (κ2) is 8.87. The lowest BCUT2D eigenvalue weighted by Crippen LogP contribution is -2.14. The summed E-state index contributed by atoms with van der Waals surface area (Å²) in [5.74, 6) is 0.259. The van der Waals surface area contributed by atoms with Crippen molar-refractivity contribution in [2.24, 2.45) is 0 Å². The molecule has 0 aliphatic carbocycles. The third-order valence-corrected chi connectivity index (χ3v) is 4.87. The minimum Gasteiger partial charge on any atom is -0.462 e. The van der Waals surface area contributed by atoms with Crippen molar-refractivity contribution >= 4 is 28.9 Å². The molecule has 0 saturated heterocycles. The van der Waals surface area contributed by atoms with E-state index in [-0.39, 0.29) is 20.0 Å². The Morgan fingerprint density at radius 3 is 2.74 bits per heavy atom. The molecule has 2 heterocycles. The van der Waals surface area contributed by atoms with Crippen LogP contribution in [0.1, 0.15) is 34.1 Å². The van der Waals surface area contributed by atoms with Crippen molar-refractivity contribution < 1.29 is 28.5 Å². The van der Waals surface area contributed by atoms with Gasteiger partial charge in [-0.3, -0.25) is 0 Å². The standard InChI is InChI=1S/C24H21NO6/c1-3-28-24(27)23-15(2)17-6-4-5-7-18(17)25-19(23)13-29-22(26)11-9-16-8-10-20-21(12-16)31-14-30-20/h4-12H,3,13-14H2,1-2H3/b11-9+. The molecule has 0 N–H and O–H groups in total. The summed E-state index contributed by atoms with van der Waals surface area (Å²) in [6, 6.07) is 12.9. The zero-order valence-corrected chi connectivity index (χ0v) is 17.2. The van der Waals surface area contributed by atoms with Crippen molar-refractivity contribution in [2.75, 3.05) is 13.4 Å². The van der Waals surface area contributed by atoms with Gasteiger partial charge in [0.15, 0.2) is 11.5 Å². The summed E-state index contributed by atoms with van der Waals surface area (Å²) < 4.78 is 21.2. The lowest BCUT2D eigenvalue weighted by atomic mass is 10.0. The molecule has 7 nitrogen and oxygen atoms in total. The minimum absolute atomic E-state index is 0.149. The molecule has 1 aromatic heterocycles. The number of aryl methyl sites for hydroxylation is 1. The number of ether oxygens (including phenoxy) is 4. The summed E-state index contributed by atoms with van der Waals surface area (Å²) in [5, 5.41) is 0.850.